The summed E-state index contributed by atoms with van der Waals surface area (Å²) in [7, 11) is 0. The summed E-state index contributed by atoms with van der Waals surface area (Å²) in [6.07, 6.45) is 0.481. The maximum Gasteiger partial charge on any atom is 0.263 e. The van der Waals surface area contributed by atoms with Crippen LogP contribution in [0.4, 0.5) is 8.78 Å². The number of piperidine rings is 1. The Morgan fingerprint density at radius 1 is 1.67 bits per heavy atom. The van der Waals surface area contributed by atoms with Crippen LogP contribution in [0.2, 0.25) is 0 Å². The van der Waals surface area contributed by atoms with Gasteiger partial charge in [0, 0.05) is 5.92 Å². The lowest BCUT2D eigenvalue weighted by atomic mass is 9.95. The van der Waals surface area contributed by atoms with Crippen molar-refractivity contribution >= 4 is 0 Å². The van der Waals surface area contributed by atoms with E-state index in [-0.39, 0.29) is 13.1 Å². The highest BCUT2D eigenvalue weighted by molar-refractivity contribution is 4.88. The van der Waals surface area contributed by atoms with Crippen molar-refractivity contribution in [1.29, 1.82) is 5.26 Å². The molecule has 68 valence electrons. The van der Waals surface area contributed by atoms with Gasteiger partial charge in [0.25, 0.3) is 5.92 Å². The normalized spacial score (nSPS) is 29.7. The molecule has 1 heterocycles. The average molecular weight is 174 g/mol. The zero-order valence-corrected chi connectivity index (χ0v) is 7.06. The molecule has 1 aliphatic rings. The van der Waals surface area contributed by atoms with E-state index in [1.807, 2.05) is 6.07 Å². The lowest BCUT2D eigenvalue weighted by molar-refractivity contribution is -0.101. The molecule has 0 aromatic heterocycles. The Hall–Kier alpha value is -0.690. The average Bonchev–Trinajstić information content (AvgIpc) is 1.97. The van der Waals surface area contributed by atoms with Crippen LogP contribution in [0.25, 0.3) is 0 Å². The summed E-state index contributed by atoms with van der Waals surface area (Å²) in [4.78, 5) is 1.50. The molecule has 12 heavy (non-hydrogen) atoms. The fourth-order valence-corrected chi connectivity index (χ4v) is 1.36. The largest absolute Gasteiger partial charge is 0.285 e. The summed E-state index contributed by atoms with van der Waals surface area (Å²) >= 11 is 0. The zero-order chi connectivity index (χ0) is 9.19. The molecule has 0 amide bonds. The topological polar surface area (TPSA) is 27.0 Å². The van der Waals surface area contributed by atoms with Crippen LogP contribution >= 0.6 is 0 Å². The van der Waals surface area contributed by atoms with E-state index in [1.165, 1.54) is 4.90 Å². The van der Waals surface area contributed by atoms with Crippen LogP contribution in [-0.2, 0) is 0 Å². The molecule has 1 unspecified atom stereocenters. The monoisotopic (exact) mass is 174 g/mol. The van der Waals surface area contributed by atoms with E-state index in [4.69, 9.17) is 5.26 Å². The lowest BCUT2D eigenvalue weighted by Crippen LogP contribution is -2.47. The van der Waals surface area contributed by atoms with Crippen LogP contribution in [0.15, 0.2) is 0 Å². The highest BCUT2D eigenvalue weighted by Gasteiger charge is 2.41. The van der Waals surface area contributed by atoms with Gasteiger partial charge in [-0.2, -0.15) is 5.26 Å². The third-order valence-electron chi connectivity index (χ3n) is 2.33. The minimum Gasteiger partial charge on any atom is -0.285 e. The number of hydrogen-bond donors (Lipinski definition) is 0. The summed E-state index contributed by atoms with van der Waals surface area (Å²) < 4.78 is 26.0. The predicted octanol–water partition coefficient (Wildman–Crippen LogP) is 1.49. The molecule has 0 aromatic carbocycles. The number of halogens is 2. The van der Waals surface area contributed by atoms with E-state index in [9.17, 15) is 8.78 Å². The van der Waals surface area contributed by atoms with Crippen molar-refractivity contribution in [2.24, 2.45) is 5.92 Å². The molecule has 0 spiro atoms. The molecule has 0 N–H and O–H groups in total. The zero-order valence-electron chi connectivity index (χ0n) is 7.06. The van der Waals surface area contributed by atoms with Gasteiger partial charge in [0.15, 0.2) is 0 Å². The van der Waals surface area contributed by atoms with E-state index >= 15 is 0 Å². The summed E-state index contributed by atoms with van der Waals surface area (Å²) in [5, 5.41) is 8.32. The molecule has 0 radical (unpaired) electrons. The number of rotatable bonds is 1. The van der Waals surface area contributed by atoms with Crippen molar-refractivity contribution in [2.45, 2.75) is 19.3 Å². The van der Waals surface area contributed by atoms with Crippen molar-refractivity contribution < 1.29 is 8.78 Å². The summed E-state index contributed by atoms with van der Waals surface area (Å²) in [6.45, 7) is 2.03. The van der Waals surface area contributed by atoms with Gasteiger partial charge in [-0.05, 0) is 13.0 Å². The van der Waals surface area contributed by atoms with Crippen LogP contribution in [0.1, 0.15) is 13.3 Å². The summed E-state index contributed by atoms with van der Waals surface area (Å²) in [5.74, 6) is -3.16. The highest BCUT2D eigenvalue weighted by Crippen LogP contribution is 2.31. The van der Waals surface area contributed by atoms with Crippen molar-refractivity contribution in [2.75, 3.05) is 19.6 Å². The smallest absolute Gasteiger partial charge is 0.263 e. The second-order valence-corrected chi connectivity index (χ2v) is 3.32. The van der Waals surface area contributed by atoms with Crippen molar-refractivity contribution in [1.82, 2.24) is 4.90 Å². The quantitative estimate of drug-likeness (QED) is 0.563. The molecule has 0 bridgehead atoms. The fourth-order valence-electron chi connectivity index (χ4n) is 1.36. The molecule has 1 atom stereocenters. The number of alkyl halides is 2. The van der Waals surface area contributed by atoms with E-state index in [0.29, 0.717) is 13.0 Å². The van der Waals surface area contributed by atoms with Crippen LogP contribution in [-0.4, -0.2) is 30.5 Å². The van der Waals surface area contributed by atoms with Gasteiger partial charge in [0.2, 0.25) is 0 Å². The summed E-state index contributed by atoms with van der Waals surface area (Å²) in [6, 6.07) is 1.88. The van der Waals surface area contributed by atoms with Crippen LogP contribution in [0.3, 0.4) is 0 Å². The molecular formula is C8H12F2N2. The first kappa shape index (κ1) is 9.40. The second kappa shape index (κ2) is 3.36. The highest BCUT2D eigenvalue weighted by atomic mass is 19.3. The third kappa shape index (κ3) is 1.92. The molecular weight excluding hydrogens is 162 g/mol. The lowest BCUT2D eigenvalue weighted by Gasteiger charge is -2.35. The Morgan fingerprint density at radius 3 is 2.83 bits per heavy atom. The minimum atomic E-state index is -2.62. The van der Waals surface area contributed by atoms with Gasteiger partial charge in [-0.1, -0.05) is 6.92 Å². The molecule has 2 nitrogen and oxygen atoms in total. The number of hydrogen-bond acceptors (Lipinski definition) is 2. The SMILES string of the molecule is CC1CCN(CC#N)CC1(F)F. The van der Waals surface area contributed by atoms with E-state index < -0.39 is 11.8 Å². The number of nitriles is 1. The van der Waals surface area contributed by atoms with Crippen LogP contribution < -0.4 is 0 Å². The first-order valence-electron chi connectivity index (χ1n) is 4.03. The van der Waals surface area contributed by atoms with E-state index in [0.717, 1.165) is 0 Å². The van der Waals surface area contributed by atoms with Crippen LogP contribution in [0.5, 0.6) is 0 Å². The van der Waals surface area contributed by atoms with Gasteiger partial charge in [-0.3, -0.25) is 4.90 Å². The first-order valence-corrected chi connectivity index (χ1v) is 4.03. The molecule has 1 aliphatic heterocycles. The van der Waals surface area contributed by atoms with Gasteiger partial charge in [0.05, 0.1) is 19.2 Å². The van der Waals surface area contributed by atoms with Crippen molar-refractivity contribution in [3.8, 4) is 6.07 Å². The second-order valence-electron chi connectivity index (χ2n) is 3.32. The van der Waals surface area contributed by atoms with Gasteiger partial charge < -0.3 is 0 Å². The Bertz CT molecular complexity index is 198. The van der Waals surface area contributed by atoms with Crippen molar-refractivity contribution in [3.05, 3.63) is 0 Å². The van der Waals surface area contributed by atoms with Gasteiger partial charge >= 0.3 is 0 Å². The Balaban J connectivity index is 2.52. The van der Waals surface area contributed by atoms with Gasteiger partial charge in [0.1, 0.15) is 0 Å². The maximum atomic E-state index is 13.0. The Labute approximate surface area is 70.8 Å². The van der Waals surface area contributed by atoms with E-state index in [1.54, 1.807) is 6.92 Å². The predicted molar refractivity (Wildman–Crippen MR) is 40.8 cm³/mol. The standard InChI is InChI=1S/C8H12F2N2/c1-7-2-4-12(5-3-11)6-8(7,9)10/h7H,2,4-6H2,1H3. The van der Waals surface area contributed by atoms with Crippen LogP contribution in [0, 0.1) is 17.2 Å². The Kier molecular flexibility index (Phi) is 2.63. The summed E-state index contributed by atoms with van der Waals surface area (Å²) in [5.41, 5.74) is 0. The van der Waals surface area contributed by atoms with Crippen molar-refractivity contribution in [3.63, 3.8) is 0 Å². The minimum absolute atomic E-state index is 0.113. The maximum absolute atomic E-state index is 13.0. The Morgan fingerprint density at radius 2 is 2.33 bits per heavy atom. The molecule has 1 fully saturated rings. The fraction of sp³-hybridized carbons (Fsp3) is 0.875. The first-order chi connectivity index (χ1) is 5.56. The third-order valence-corrected chi connectivity index (χ3v) is 2.33. The number of nitrogens with zero attached hydrogens (tertiary/aromatic N) is 2. The molecule has 4 heteroatoms. The van der Waals surface area contributed by atoms with E-state index in [2.05, 4.69) is 0 Å². The molecule has 0 aliphatic carbocycles. The molecule has 1 saturated heterocycles. The molecule has 0 saturated carbocycles. The molecule has 0 aromatic rings. The van der Waals surface area contributed by atoms with Gasteiger partial charge in [-0.25, -0.2) is 8.78 Å². The number of likely N-dealkylation sites (tertiary alicyclic amines) is 1. The van der Waals surface area contributed by atoms with Gasteiger partial charge in [-0.15, -0.1) is 0 Å². The molecule has 1 rings (SSSR count).